The molecule has 1 aliphatic rings. The Bertz CT molecular complexity index is 513. The molecule has 5 heteroatoms. The molecule has 116 valence electrons. The van der Waals surface area contributed by atoms with E-state index in [4.69, 9.17) is 23.2 Å². The van der Waals surface area contributed by atoms with Crippen LogP contribution in [0.15, 0.2) is 12.1 Å². The second-order valence-corrected chi connectivity index (χ2v) is 6.67. The summed E-state index contributed by atoms with van der Waals surface area (Å²) in [6.07, 6.45) is 2.87. The average Bonchev–Trinajstić information content (AvgIpc) is 2.48. The first kappa shape index (κ1) is 16.6. The van der Waals surface area contributed by atoms with Crippen molar-refractivity contribution in [1.82, 2.24) is 5.32 Å². The Kier molecular flexibility index (Phi) is 5.91. The zero-order valence-corrected chi connectivity index (χ0v) is 14.0. The van der Waals surface area contributed by atoms with Gasteiger partial charge in [-0.25, -0.2) is 0 Å². The molecule has 2 N–H and O–H groups in total. The fraction of sp³-hybridized carbons (Fsp3) is 0.562. The first-order valence-electron chi connectivity index (χ1n) is 7.44. The van der Waals surface area contributed by atoms with Gasteiger partial charge in [0, 0.05) is 6.42 Å². The van der Waals surface area contributed by atoms with Crippen LogP contribution in [0.25, 0.3) is 0 Å². The van der Waals surface area contributed by atoms with Crippen LogP contribution >= 0.6 is 23.2 Å². The van der Waals surface area contributed by atoms with Crippen molar-refractivity contribution in [3.63, 3.8) is 0 Å². The van der Waals surface area contributed by atoms with Gasteiger partial charge in [-0.2, -0.15) is 0 Å². The van der Waals surface area contributed by atoms with Crippen LogP contribution in [-0.2, 0) is 4.79 Å². The second-order valence-electron chi connectivity index (χ2n) is 5.89. The molecule has 1 amide bonds. The van der Waals surface area contributed by atoms with Crippen molar-refractivity contribution in [2.45, 2.75) is 33.1 Å². The lowest BCUT2D eigenvalue weighted by Gasteiger charge is -2.28. The third-order valence-corrected chi connectivity index (χ3v) is 5.00. The lowest BCUT2D eigenvalue weighted by molar-refractivity contribution is -0.117. The molecule has 1 saturated heterocycles. The Labute approximate surface area is 136 Å². The van der Waals surface area contributed by atoms with Gasteiger partial charge in [-0.05, 0) is 56.3 Å². The van der Waals surface area contributed by atoms with Crippen molar-refractivity contribution in [3.8, 4) is 0 Å². The van der Waals surface area contributed by atoms with Gasteiger partial charge in [0.15, 0.2) is 0 Å². The molecule has 2 rings (SSSR count). The summed E-state index contributed by atoms with van der Waals surface area (Å²) in [5.74, 6) is 0.885. The van der Waals surface area contributed by atoms with E-state index in [2.05, 4.69) is 17.6 Å². The quantitative estimate of drug-likeness (QED) is 0.866. The molecule has 2 atom stereocenters. The van der Waals surface area contributed by atoms with Crippen molar-refractivity contribution >= 4 is 34.8 Å². The molecule has 21 heavy (non-hydrogen) atoms. The summed E-state index contributed by atoms with van der Waals surface area (Å²) in [7, 11) is 0. The van der Waals surface area contributed by atoms with Gasteiger partial charge in [0.2, 0.25) is 5.91 Å². The minimum atomic E-state index is -0.0255. The minimum absolute atomic E-state index is 0.0255. The van der Waals surface area contributed by atoms with E-state index in [1.165, 1.54) is 12.8 Å². The highest BCUT2D eigenvalue weighted by Crippen LogP contribution is 2.33. The topological polar surface area (TPSA) is 41.1 Å². The predicted molar refractivity (Wildman–Crippen MR) is 89.2 cm³/mol. The van der Waals surface area contributed by atoms with Crippen LogP contribution in [0.4, 0.5) is 5.69 Å². The zero-order valence-electron chi connectivity index (χ0n) is 12.5. The highest BCUT2D eigenvalue weighted by atomic mass is 35.5. The molecule has 0 aromatic heterocycles. The Morgan fingerprint density at radius 2 is 2.24 bits per heavy atom. The molecule has 1 heterocycles. The number of anilines is 1. The maximum absolute atomic E-state index is 12.2. The predicted octanol–water partition coefficient (Wildman–Crippen LogP) is 4.27. The monoisotopic (exact) mass is 328 g/mol. The lowest BCUT2D eigenvalue weighted by Crippen LogP contribution is -2.34. The van der Waals surface area contributed by atoms with Gasteiger partial charge in [-0.3, -0.25) is 4.79 Å². The number of aryl methyl sites for hydroxylation is 1. The first-order chi connectivity index (χ1) is 9.99. The lowest BCUT2D eigenvalue weighted by atomic mass is 9.85. The van der Waals surface area contributed by atoms with E-state index in [0.717, 1.165) is 18.7 Å². The summed E-state index contributed by atoms with van der Waals surface area (Å²) in [4.78, 5) is 12.2. The van der Waals surface area contributed by atoms with Crippen LogP contribution < -0.4 is 10.6 Å². The first-order valence-corrected chi connectivity index (χ1v) is 8.19. The normalized spacial score (nSPS) is 20.1. The number of carbonyl (C=O) groups excluding carboxylic acids is 1. The smallest absolute Gasteiger partial charge is 0.224 e. The fourth-order valence-corrected chi connectivity index (χ4v) is 3.25. The molecule has 0 saturated carbocycles. The summed E-state index contributed by atoms with van der Waals surface area (Å²) in [5.41, 5.74) is 1.43. The molecule has 2 unspecified atom stereocenters. The Morgan fingerprint density at radius 3 is 2.90 bits per heavy atom. The van der Waals surface area contributed by atoms with E-state index >= 15 is 0 Å². The Balaban J connectivity index is 1.97. The van der Waals surface area contributed by atoms with Gasteiger partial charge in [0.05, 0.1) is 15.7 Å². The van der Waals surface area contributed by atoms with Crippen LogP contribution in [0.3, 0.4) is 0 Å². The van der Waals surface area contributed by atoms with Crippen LogP contribution in [-0.4, -0.2) is 19.0 Å². The summed E-state index contributed by atoms with van der Waals surface area (Å²) in [6.45, 7) is 6.12. The molecular formula is C16H22Cl2N2O. The zero-order chi connectivity index (χ0) is 15.4. The molecule has 1 aliphatic heterocycles. The molecule has 3 nitrogen and oxygen atoms in total. The minimum Gasteiger partial charge on any atom is -0.324 e. The van der Waals surface area contributed by atoms with Crippen molar-refractivity contribution in [2.24, 2.45) is 11.8 Å². The van der Waals surface area contributed by atoms with Crippen molar-refractivity contribution in [3.05, 3.63) is 27.7 Å². The number of halogens is 2. The number of benzene rings is 1. The standard InChI is InChI=1S/C16H22Cl2N2O/c1-10-5-6-13(17)16(15(10)18)20-14(21)8-11(2)12-4-3-7-19-9-12/h5-6,11-12,19H,3-4,7-9H2,1-2H3,(H,20,21). The molecule has 0 bridgehead atoms. The molecule has 1 aromatic carbocycles. The number of nitrogens with one attached hydrogen (secondary N) is 2. The fourth-order valence-electron chi connectivity index (χ4n) is 2.79. The molecule has 0 spiro atoms. The highest BCUT2D eigenvalue weighted by Gasteiger charge is 2.22. The van der Waals surface area contributed by atoms with E-state index in [0.29, 0.717) is 34.0 Å². The van der Waals surface area contributed by atoms with Crippen LogP contribution in [0.2, 0.25) is 10.0 Å². The molecular weight excluding hydrogens is 307 g/mol. The third-order valence-electron chi connectivity index (χ3n) is 4.20. The van der Waals surface area contributed by atoms with Gasteiger partial charge < -0.3 is 10.6 Å². The number of carbonyl (C=O) groups is 1. The van der Waals surface area contributed by atoms with E-state index in [9.17, 15) is 4.79 Å². The number of hydrogen-bond acceptors (Lipinski definition) is 2. The molecule has 0 radical (unpaired) electrons. The van der Waals surface area contributed by atoms with E-state index in [-0.39, 0.29) is 5.91 Å². The average molecular weight is 329 g/mol. The van der Waals surface area contributed by atoms with Crippen LogP contribution in [0.5, 0.6) is 0 Å². The van der Waals surface area contributed by atoms with Gasteiger partial charge in [-0.1, -0.05) is 36.2 Å². The second kappa shape index (κ2) is 7.48. The summed E-state index contributed by atoms with van der Waals surface area (Å²) >= 11 is 12.3. The molecule has 0 aliphatic carbocycles. The Morgan fingerprint density at radius 1 is 1.48 bits per heavy atom. The maximum atomic E-state index is 12.2. The van der Waals surface area contributed by atoms with E-state index < -0.39 is 0 Å². The summed E-state index contributed by atoms with van der Waals surface area (Å²) < 4.78 is 0. The number of rotatable bonds is 4. The van der Waals surface area contributed by atoms with Crippen LogP contribution in [0.1, 0.15) is 31.7 Å². The summed E-state index contributed by atoms with van der Waals surface area (Å²) in [5, 5.41) is 7.25. The third kappa shape index (κ3) is 4.35. The number of hydrogen-bond donors (Lipinski definition) is 2. The van der Waals surface area contributed by atoms with Crippen molar-refractivity contribution in [1.29, 1.82) is 0 Å². The van der Waals surface area contributed by atoms with E-state index in [1.54, 1.807) is 6.07 Å². The van der Waals surface area contributed by atoms with Gasteiger partial charge >= 0.3 is 0 Å². The Hall–Kier alpha value is -0.770. The van der Waals surface area contributed by atoms with Crippen molar-refractivity contribution < 1.29 is 4.79 Å². The molecule has 1 aromatic rings. The summed E-state index contributed by atoms with van der Waals surface area (Å²) in [6, 6.07) is 3.60. The number of amides is 1. The van der Waals surface area contributed by atoms with E-state index in [1.807, 2.05) is 13.0 Å². The largest absolute Gasteiger partial charge is 0.324 e. The van der Waals surface area contributed by atoms with Crippen LogP contribution in [0, 0.1) is 18.8 Å². The van der Waals surface area contributed by atoms with Crippen molar-refractivity contribution in [2.75, 3.05) is 18.4 Å². The number of piperidine rings is 1. The van der Waals surface area contributed by atoms with Gasteiger partial charge in [-0.15, -0.1) is 0 Å². The molecule has 1 fully saturated rings. The SMILES string of the molecule is Cc1ccc(Cl)c(NC(=O)CC(C)C2CCCNC2)c1Cl. The maximum Gasteiger partial charge on any atom is 0.224 e. The van der Waals surface area contributed by atoms with Gasteiger partial charge in [0.25, 0.3) is 0 Å². The van der Waals surface area contributed by atoms with Gasteiger partial charge in [0.1, 0.15) is 0 Å². The highest BCUT2D eigenvalue weighted by molar-refractivity contribution is 6.40.